The summed E-state index contributed by atoms with van der Waals surface area (Å²) in [5, 5.41) is 9.18. The molecule has 1 unspecified atom stereocenters. The lowest BCUT2D eigenvalue weighted by molar-refractivity contribution is -0.138. The van der Waals surface area contributed by atoms with Gasteiger partial charge in [-0.05, 0) is 30.7 Å². The van der Waals surface area contributed by atoms with Gasteiger partial charge in [0.05, 0.1) is 18.5 Å². The Balaban J connectivity index is 2.21. The number of hydrogen-bond donors (Lipinski definition) is 2. The van der Waals surface area contributed by atoms with Crippen LogP contribution in [0.2, 0.25) is 0 Å². The highest BCUT2D eigenvalue weighted by atomic mass is 16.5. The van der Waals surface area contributed by atoms with Gasteiger partial charge in [-0.2, -0.15) is 0 Å². The van der Waals surface area contributed by atoms with Crippen LogP contribution in [-0.2, 0) is 11.2 Å². The largest absolute Gasteiger partial charge is 0.497 e. The van der Waals surface area contributed by atoms with Gasteiger partial charge in [0.25, 0.3) is 0 Å². The van der Waals surface area contributed by atoms with Crippen molar-refractivity contribution in [1.29, 1.82) is 0 Å². The molecule has 124 valence electrons. The van der Waals surface area contributed by atoms with E-state index in [-0.39, 0.29) is 6.42 Å². The summed E-state index contributed by atoms with van der Waals surface area (Å²) in [6.07, 6.45) is 2.06. The summed E-state index contributed by atoms with van der Waals surface area (Å²) in [5.41, 5.74) is 9.94. The standard InChI is InChI=1S/C18H19N3O3/c1-11-5-4-8-21-15(10-14(19)18(22)23)16(20-17(11)21)12-6-3-7-13(9-12)24-2/h3-9,14H,10,19H2,1-2H3,(H,22,23). The molecule has 6 nitrogen and oxygen atoms in total. The first kappa shape index (κ1) is 16.0. The smallest absolute Gasteiger partial charge is 0.320 e. The lowest BCUT2D eigenvalue weighted by Gasteiger charge is -2.09. The molecule has 0 spiro atoms. The number of aliphatic carboxylic acids is 1. The van der Waals surface area contributed by atoms with Crippen LogP contribution >= 0.6 is 0 Å². The van der Waals surface area contributed by atoms with Gasteiger partial charge in [0, 0.05) is 18.2 Å². The maximum atomic E-state index is 11.2. The number of imidazole rings is 1. The number of aromatic nitrogens is 2. The van der Waals surface area contributed by atoms with E-state index in [0.717, 1.165) is 33.9 Å². The van der Waals surface area contributed by atoms with Gasteiger partial charge in [0.2, 0.25) is 0 Å². The molecule has 0 aliphatic rings. The van der Waals surface area contributed by atoms with Crippen LogP contribution < -0.4 is 10.5 Å². The van der Waals surface area contributed by atoms with E-state index in [4.69, 9.17) is 15.5 Å². The molecule has 0 aliphatic heterocycles. The fourth-order valence-corrected chi connectivity index (χ4v) is 2.75. The van der Waals surface area contributed by atoms with E-state index in [2.05, 4.69) is 0 Å². The molecule has 1 aromatic carbocycles. The molecule has 3 N–H and O–H groups in total. The van der Waals surface area contributed by atoms with Crippen molar-refractivity contribution in [3.05, 3.63) is 53.9 Å². The van der Waals surface area contributed by atoms with E-state index in [9.17, 15) is 9.90 Å². The zero-order valence-corrected chi connectivity index (χ0v) is 13.6. The van der Waals surface area contributed by atoms with E-state index < -0.39 is 12.0 Å². The lowest BCUT2D eigenvalue weighted by atomic mass is 10.1. The van der Waals surface area contributed by atoms with Gasteiger partial charge in [0.1, 0.15) is 17.4 Å². The molecule has 0 fully saturated rings. The molecule has 0 saturated carbocycles. The third kappa shape index (κ3) is 2.83. The van der Waals surface area contributed by atoms with Crippen LogP contribution in [0.1, 0.15) is 11.3 Å². The van der Waals surface area contributed by atoms with Crippen LogP contribution in [0.5, 0.6) is 5.75 Å². The predicted octanol–water partition coefficient (Wildman–Crippen LogP) is 2.27. The average molecular weight is 325 g/mol. The second-order valence-electron chi connectivity index (χ2n) is 5.67. The Kier molecular flexibility index (Phi) is 4.22. The van der Waals surface area contributed by atoms with Gasteiger partial charge >= 0.3 is 5.97 Å². The molecule has 3 aromatic rings. The van der Waals surface area contributed by atoms with Crippen LogP contribution in [-0.4, -0.2) is 33.6 Å². The minimum atomic E-state index is -1.03. The van der Waals surface area contributed by atoms with Crippen molar-refractivity contribution in [3.63, 3.8) is 0 Å². The molecule has 24 heavy (non-hydrogen) atoms. The van der Waals surface area contributed by atoms with Crippen LogP contribution in [0.15, 0.2) is 42.6 Å². The lowest BCUT2D eigenvalue weighted by Crippen LogP contribution is -2.32. The van der Waals surface area contributed by atoms with E-state index in [1.54, 1.807) is 7.11 Å². The number of pyridine rings is 1. The summed E-state index contributed by atoms with van der Waals surface area (Å²) in [6.45, 7) is 1.97. The number of rotatable bonds is 5. The Hall–Kier alpha value is -2.86. The van der Waals surface area contributed by atoms with Crippen LogP contribution in [0.4, 0.5) is 0 Å². The van der Waals surface area contributed by atoms with E-state index >= 15 is 0 Å². The minimum absolute atomic E-state index is 0.187. The second-order valence-corrected chi connectivity index (χ2v) is 5.67. The van der Waals surface area contributed by atoms with Gasteiger partial charge < -0.3 is 20.0 Å². The summed E-state index contributed by atoms with van der Waals surface area (Å²) in [4.78, 5) is 15.9. The van der Waals surface area contributed by atoms with Gasteiger partial charge in [-0.3, -0.25) is 4.79 Å². The maximum Gasteiger partial charge on any atom is 0.320 e. The Morgan fingerprint density at radius 2 is 2.17 bits per heavy atom. The number of aryl methyl sites for hydroxylation is 1. The van der Waals surface area contributed by atoms with Gasteiger partial charge in [-0.1, -0.05) is 18.2 Å². The number of hydrogen-bond acceptors (Lipinski definition) is 4. The summed E-state index contributed by atoms with van der Waals surface area (Å²) >= 11 is 0. The molecule has 2 heterocycles. The third-order valence-corrected chi connectivity index (χ3v) is 4.02. The third-order valence-electron chi connectivity index (χ3n) is 4.02. The molecular formula is C18H19N3O3. The van der Waals surface area contributed by atoms with Gasteiger partial charge in [-0.25, -0.2) is 4.98 Å². The number of nitrogens with zero attached hydrogens (tertiary/aromatic N) is 2. The molecule has 1 atom stereocenters. The van der Waals surface area contributed by atoms with Crippen molar-refractivity contribution in [2.75, 3.05) is 7.11 Å². The topological polar surface area (TPSA) is 89.9 Å². The molecule has 0 aliphatic carbocycles. The molecule has 0 amide bonds. The predicted molar refractivity (Wildman–Crippen MR) is 91.2 cm³/mol. The Bertz CT molecular complexity index is 902. The number of carboxylic acids is 1. The monoisotopic (exact) mass is 325 g/mol. The van der Waals surface area contributed by atoms with Crippen LogP contribution in [0.3, 0.4) is 0 Å². The Morgan fingerprint density at radius 3 is 2.88 bits per heavy atom. The summed E-state index contributed by atoms with van der Waals surface area (Å²) < 4.78 is 7.19. The highest BCUT2D eigenvalue weighted by Crippen LogP contribution is 2.29. The second kappa shape index (κ2) is 6.33. The quantitative estimate of drug-likeness (QED) is 0.751. The number of nitrogens with two attached hydrogens (primary N) is 1. The van der Waals surface area contributed by atoms with Crippen molar-refractivity contribution in [3.8, 4) is 17.0 Å². The normalized spacial score (nSPS) is 12.3. The first-order chi connectivity index (χ1) is 11.5. The number of benzene rings is 1. The highest BCUT2D eigenvalue weighted by molar-refractivity contribution is 5.75. The van der Waals surface area contributed by atoms with E-state index in [1.807, 2.05) is 53.9 Å². The molecule has 3 rings (SSSR count). The molecular weight excluding hydrogens is 306 g/mol. The van der Waals surface area contributed by atoms with Crippen molar-refractivity contribution in [2.45, 2.75) is 19.4 Å². The van der Waals surface area contributed by atoms with Gasteiger partial charge in [-0.15, -0.1) is 0 Å². The zero-order valence-electron chi connectivity index (χ0n) is 13.6. The number of carboxylic acid groups (broad SMARTS) is 1. The molecule has 6 heteroatoms. The van der Waals surface area contributed by atoms with Crippen LogP contribution in [0, 0.1) is 6.92 Å². The first-order valence-electron chi connectivity index (χ1n) is 7.60. The number of carbonyl (C=O) groups is 1. The van der Waals surface area contributed by atoms with E-state index in [0.29, 0.717) is 0 Å². The van der Waals surface area contributed by atoms with Crippen molar-refractivity contribution >= 4 is 11.6 Å². The molecule has 0 bridgehead atoms. The summed E-state index contributed by atoms with van der Waals surface area (Å²) in [5.74, 6) is -0.316. The summed E-state index contributed by atoms with van der Waals surface area (Å²) in [6, 6.07) is 10.4. The molecule has 0 radical (unpaired) electrons. The van der Waals surface area contributed by atoms with Gasteiger partial charge in [0.15, 0.2) is 0 Å². The average Bonchev–Trinajstić information content (AvgIpc) is 2.95. The van der Waals surface area contributed by atoms with Crippen molar-refractivity contribution in [1.82, 2.24) is 9.38 Å². The first-order valence-corrected chi connectivity index (χ1v) is 7.60. The Labute approximate surface area is 139 Å². The zero-order chi connectivity index (χ0) is 17.3. The van der Waals surface area contributed by atoms with Crippen LogP contribution in [0.25, 0.3) is 16.9 Å². The highest BCUT2D eigenvalue weighted by Gasteiger charge is 2.21. The fraction of sp³-hybridized carbons (Fsp3) is 0.222. The van der Waals surface area contributed by atoms with E-state index in [1.165, 1.54) is 0 Å². The van der Waals surface area contributed by atoms with Crippen molar-refractivity contribution in [2.24, 2.45) is 5.73 Å². The number of fused-ring (bicyclic) bond motifs is 1. The fourth-order valence-electron chi connectivity index (χ4n) is 2.75. The maximum absolute atomic E-state index is 11.2. The molecule has 2 aromatic heterocycles. The Morgan fingerprint density at radius 1 is 1.38 bits per heavy atom. The minimum Gasteiger partial charge on any atom is -0.497 e. The number of methoxy groups -OCH3 is 1. The molecule has 0 saturated heterocycles. The van der Waals surface area contributed by atoms with Crippen molar-refractivity contribution < 1.29 is 14.6 Å². The summed E-state index contributed by atoms with van der Waals surface area (Å²) in [7, 11) is 1.61. The number of ether oxygens (including phenoxy) is 1. The SMILES string of the molecule is COc1cccc(-c2nc3c(C)cccn3c2CC(N)C(=O)O)c1.